The second kappa shape index (κ2) is 11.3. The molecule has 1 aromatic heterocycles. The fraction of sp³-hybridized carbons (Fsp3) is 0.0667. The molecule has 0 radical (unpaired) electrons. The number of hydrogen-bond donors (Lipinski definition) is 0. The Bertz CT molecular complexity index is 1330. The molecule has 0 amide bonds. The predicted octanol–water partition coefficient (Wildman–Crippen LogP) is 6.61. The lowest BCUT2D eigenvalue weighted by atomic mass is 10.2. The number of benzene rings is 4. The summed E-state index contributed by atoms with van der Waals surface area (Å²) in [6.45, 7) is 0.157. The van der Waals surface area contributed by atoms with Crippen LogP contribution in [0.4, 0.5) is 0 Å². The molecule has 5 rings (SSSR count). The van der Waals surface area contributed by atoms with E-state index in [4.69, 9.17) is 4.74 Å². The van der Waals surface area contributed by atoms with E-state index in [0.717, 1.165) is 36.7 Å². The van der Waals surface area contributed by atoms with Gasteiger partial charge in [0.15, 0.2) is 6.16 Å². The van der Waals surface area contributed by atoms with E-state index < -0.39 is 7.26 Å². The quantitative estimate of drug-likeness (QED) is 0.155. The van der Waals surface area contributed by atoms with Gasteiger partial charge in [-0.1, -0.05) is 82.7 Å². The Kier molecular flexibility index (Phi) is 7.72. The summed E-state index contributed by atoms with van der Waals surface area (Å²) in [6.07, 6.45) is 0.286. The Labute approximate surface area is 224 Å². The average Bonchev–Trinajstić information content (AvgIpc) is 3.42. The first kappa shape index (κ1) is 24.6. The first-order valence-electron chi connectivity index (χ1n) is 11.6. The fourth-order valence-electron chi connectivity index (χ4n) is 4.26. The van der Waals surface area contributed by atoms with Crippen LogP contribution in [0.1, 0.15) is 5.69 Å². The Morgan fingerprint density at radius 2 is 1.25 bits per heavy atom. The maximum atomic E-state index is 13.4. The van der Waals surface area contributed by atoms with E-state index in [1.807, 2.05) is 84.2 Å². The number of hydrogen-bond acceptors (Lipinski definition) is 4. The zero-order valence-electron chi connectivity index (χ0n) is 19.5. The van der Waals surface area contributed by atoms with E-state index in [-0.39, 0.29) is 18.7 Å². The lowest BCUT2D eigenvalue weighted by molar-refractivity contribution is -0.141. The van der Waals surface area contributed by atoms with Gasteiger partial charge >= 0.3 is 5.97 Å². The Hall–Kier alpha value is -3.11. The van der Waals surface area contributed by atoms with Crippen molar-refractivity contribution >= 4 is 56.4 Å². The molecule has 178 valence electrons. The van der Waals surface area contributed by atoms with Gasteiger partial charge in [-0.2, -0.15) is 0 Å². The maximum absolute atomic E-state index is 13.4. The van der Waals surface area contributed by atoms with Crippen molar-refractivity contribution in [1.82, 2.24) is 4.98 Å². The summed E-state index contributed by atoms with van der Waals surface area (Å²) in [6, 6.07) is 39.1. The van der Waals surface area contributed by atoms with Crippen LogP contribution in [0.25, 0.3) is 10.6 Å². The number of carbonyl (C=O) groups excluding carboxylic acids is 1. The van der Waals surface area contributed by atoms with Crippen LogP contribution >= 0.6 is 34.5 Å². The standard InChI is InChI=1S/C30H24BrNO2PS/c31-24-18-16-23(17-19-24)30-32-25(22-36-30)20-34-29(33)21-35(26-10-4-1-5-11-26,27-12-6-2-7-13-27)28-14-8-3-9-15-28/h1-19,22H,20-21H2/q+1. The summed E-state index contributed by atoms with van der Waals surface area (Å²) >= 11 is 5.02. The number of aromatic nitrogens is 1. The number of thiazole rings is 1. The molecule has 0 aliphatic heterocycles. The van der Waals surface area contributed by atoms with E-state index in [9.17, 15) is 4.79 Å². The van der Waals surface area contributed by atoms with Crippen molar-refractivity contribution in [1.29, 1.82) is 0 Å². The zero-order valence-corrected chi connectivity index (χ0v) is 22.8. The summed E-state index contributed by atoms with van der Waals surface area (Å²) in [7, 11) is -2.27. The highest BCUT2D eigenvalue weighted by Crippen LogP contribution is 2.55. The van der Waals surface area contributed by atoms with Crippen LogP contribution in [0.15, 0.2) is 125 Å². The second-order valence-corrected chi connectivity index (χ2v) is 13.5. The Morgan fingerprint density at radius 1 is 0.750 bits per heavy atom. The van der Waals surface area contributed by atoms with Gasteiger partial charge in [-0.25, -0.2) is 9.78 Å². The molecular weight excluding hydrogens is 549 g/mol. The third-order valence-corrected chi connectivity index (χ3v) is 11.7. The van der Waals surface area contributed by atoms with Crippen LogP contribution in [0.5, 0.6) is 0 Å². The highest BCUT2D eigenvalue weighted by atomic mass is 79.9. The van der Waals surface area contributed by atoms with Gasteiger partial charge in [0.1, 0.15) is 34.8 Å². The van der Waals surface area contributed by atoms with Crippen LogP contribution < -0.4 is 15.9 Å². The number of rotatable bonds is 8. The van der Waals surface area contributed by atoms with Crippen LogP contribution in [0.2, 0.25) is 0 Å². The smallest absolute Gasteiger partial charge is 0.345 e. The molecule has 0 N–H and O–H groups in total. The van der Waals surface area contributed by atoms with E-state index in [1.54, 1.807) is 11.3 Å². The molecule has 0 aliphatic rings. The molecule has 4 aromatic carbocycles. The topological polar surface area (TPSA) is 39.2 Å². The lowest BCUT2D eigenvalue weighted by Gasteiger charge is -2.26. The predicted molar refractivity (Wildman–Crippen MR) is 155 cm³/mol. The molecule has 0 bridgehead atoms. The monoisotopic (exact) mass is 572 g/mol. The van der Waals surface area contributed by atoms with Gasteiger partial charge in [-0.3, -0.25) is 0 Å². The number of halogens is 1. The van der Waals surface area contributed by atoms with E-state index in [2.05, 4.69) is 57.3 Å². The fourth-order valence-corrected chi connectivity index (χ4v) is 9.30. The van der Waals surface area contributed by atoms with Crippen molar-refractivity contribution in [2.24, 2.45) is 0 Å². The molecule has 3 nitrogen and oxygen atoms in total. The third kappa shape index (κ3) is 5.34. The van der Waals surface area contributed by atoms with Crippen molar-refractivity contribution < 1.29 is 9.53 Å². The van der Waals surface area contributed by atoms with Gasteiger partial charge in [0.25, 0.3) is 0 Å². The van der Waals surface area contributed by atoms with Crippen molar-refractivity contribution in [3.05, 3.63) is 131 Å². The molecule has 1 heterocycles. The summed E-state index contributed by atoms with van der Waals surface area (Å²) in [4.78, 5) is 18.1. The minimum atomic E-state index is -2.27. The Morgan fingerprint density at radius 3 is 1.75 bits per heavy atom. The number of esters is 1. The largest absolute Gasteiger partial charge is 0.456 e. The van der Waals surface area contributed by atoms with Gasteiger partial charge in [0.2, 0.25) is 0 Å². The van der Waals surface area contributed by atoms with E-state index in [1.165, 1.54) is 0 Å². The molecule has 0 aliphatic carbocycles. The Balaban J connectivity index is 1.43. The van der Waals surface area contributed by atoms with Gasteiger partial charge in [-0.05, 0) is 48.5 Å². The molecule has 6 heteroatoms. The minimum absolute atomic E-state index is 0.157. The summed E-state index contributed by atoms with van der Waals surface area (Å²) in [5.74, 6) is -0.224. The molecule has 36 heavy (non-hydrogen) atoms. The van der Waals surface area contributed by atoms with Crippen molar-refractivity contribution in [3.8, 4) is 10.6 Å². The van der Waals surface area contributed by atoms with Crippen molar-refractivity contribution in [2.45, 2.75) is 6.61 Å². The SMILES string of the molecule is O=C(C[P+](c1ccccc1)(c1ccccc1)c1ccccc1)OCc1csc(-c2ccc(Br)cc2)n1. The third-order valence-electron chi connectivity index (χ3n) is 5.98. The molecule has 0 fully saturated rings. The first-order chi connectivity index (χ1) is 17.6. The van der Waals surface area contributed by atoms with Crippen LogP contribution in [-0.4, -0.2) is 17.1 Å². The molecule has 5 aromatic rings. The van der Waals surface area contributed by atoms with Gasteiger partial charge in [0.05, 0.1) is 5.69 Å². The van der Waals surface area contributed by atoms with Gasteiger partial charge < -0.3 is 4.74 Å². The molecule has 0 saturated carbocycles. The zero-order chi connectivity index (χ0) is 24.8. The maximum Gasteiger partial charge on any atom is 0.345 e. The van der Waals surface area contributed by atoms with E-state index in [0.29, 0.717) is 0 Å². The van der Waals surface area contributed by atoms with Crippen LogP contribution in [-0.2, 0) is 16.1 Å². The lowest BCUT2D eigenvalue weighted by Crippen LogP contribution is -2.36. The molecule has 0 unspecified atom stereocenters. The summed E-state index contributed by atoms with van der Waals surface area (Å²) in [5.41, 5.74) is 1.80. The number of carbonyl (C=O) groups is 1. The number of nitrogens with zero attached hydrogens (tertiary/aromatic N) is 1. The van der Waals surface area contributed by atoms with Crippen molar-refractivity contribution in [2.75, 3.05) is 6.16 Å². The highest BCUT2D eigenvalue weighted by molar-refractivity contribution is 9.10. The highest BCUT2D eigenvalue weighted by Gasteiger charge is 2.47. The number of ether oxygens (including phenoxy) is 1. The normalized spacial score (nSPS) is 11.2. The molecule has 0 spiro atoms. The van der Waals surface area contributed by atoms with Crippen molar-refractivity contribution in [3.63, 3.8) is 0 Å². The average molecular weight is 573 g/mol. The summed E-state index contributed by atoms with van der Waals surface area (Å²) < 4.78 is 6.87. The molecular formula is C30H24BrNO2PS+. The van der Waals surface area contributed by atoms with Gasteiger partial charge in [-0.15, -0.1) is 11.3 Å². The van der Waals surface area contributed by atoms with E-state index >= 15 is 0 Å². The molecule has 0 saturated heterocycles. The minimum Gasteiger partial charge on any atom is -0.456 e. The first-order valence-corrected chi connectivity index (χ1v) is 15.2. The van der Waals surface area contributed by atoms with Gasteiger partial charge in [0, 0.05) is 15.4 Å². The van der Waals surface area contributed by atoms with Crippen LogP contribution in [0.3, 0.4) is 0 Å². The second-order valence-electron chi connectivity index (χ2n) is 8.29. The molecule has 0 atom stereocenters. The van der Waals surface area contributed by atoms with Crippen LogP contribution in [0, 0.1) is 0 Å². The summed E-state index contributed by atoms with van der Waals surface area (Å²) in [5, 5.41) is 6.34.